The van der Waals surface area contributed by atoms with Gasteiger partial charge >= 0.3 is 0 Å². The summed E-state index contributed by atoms with van der Waals surface area (Å²) in [6, 6.07) is 1.75. The van der Waals surface area contributed by atoms with Gasteiger partial charge in [-0.05, 0) is 6.92 Å². The molecule has 2 aromatic rings. The minimum atomic E-state index is -0.0590. The van der Waals surface area contributed by atoms with Crippen LogP contribution in [0.1, 0.15) is 29.0 Å². The maximum Gasteiger partial charge on any atom is 0.260 e. The van der Waals surface area contributed by atoms with E-state index in [1.165, 1.54) is 7.11 Å². The number of hydrogen-bond acceptors (Lipinski definition) is 6. The van der Waals surface area contributed by atoms with E-state index in [0.717, 1.165) is 12.8 Å². The van der Waals surface area contributed by atoms with Gasteiger partial charge in [-0.2, -0.15) is 4.98 Å². The molecule has 0 spiro atoms. The van der Waals surface area contributed by atoms with Crippen LogP contribution >= 0.6 is 0 Å². The summed E-state index contributed by atoms with van der Waals surface area (Å²) in [6.45, 7) is 3.09. The Labute approximate surface area is 140 Å². The van der Waals surface area contributed by atoms with Crippen LogP contribution in [-0.2, 0) is 7.05 Å². The Morgan fingerprint density at radius 3 is 2.75 bits per heavy atom. The first-order valence-electron chi connectivity index (χ1n) is 7.90. The van der Waals surface area contributed by atoms with Crippen LogP contribution in [0.3, 0.4) is 0 Å². The monoisotopic (exact) mass is 331 g/mol. The number of piperidine rings is 1. The average Bonchev–Trinajstić information content (AvgIpc) is 2.96. The number of rotatable bonds is 4. The Kier molecular flexibility index (Phi) is 4.64. The molecule has 0 aliphatic carbocycles. The number of aryl methyl sites for hydroxylation is 2. The van der Waals surface area contributed by atoms with E-state index >= 15 is 0 Å². The van der Waals surface area contributed by atoms with Crippen molar-refractivity contribution in [3.8, 4) is 11.8 Å². The third kappa shape index (κ3) is 3.47. The number of ether oxygens (including phenoxy) is 2. The van der Waals surface area contributed by atoms with E-state index in [2.05, 4.69) is 15.1 Å². The second-order valence-corrected chi connectivity index (χ2v) is 5.78. The van der Waals surface area contributed by atoms with Crippen molar-refractivity contribution in [2.24, 2.45) is 7.05 Å². The SMILES string of the molecule is COc1nn(C)cc1C(=O)N1CCC(Oc2ccnc(C)n2)CC1. The largest absolute Gasteiger partial charge is 0.479 e. The molecule has 1 fully saturated rings. The van der Waals surface area contributed by atoms with E-state index in [0.29, 0.717) is 36.2 Å². The van der Waals surface area contributed by atoms with Crippen molar-refractivity contribution in [1.29, 1.82) is 0 Å². The molecule has 0 aromatic carbocycles. The Bertz CT molecular complexity index is 722. The minimum Gasteiger partial charge on any atom is -0.479 e. The molecule has 0 N–H and O–H groups in total. The molecule has 0 saturated carbocycles. The number of amides is 1. The molecule has 0 radical (unpaired) electrons. The van der Waals surface area contributed by atoms with Gasteiger partial charge < -0.3 is 14.4 Å². The molecule has 0 bridgehead atoms. The number of carbonyl (C=O) groups is 1. The van der Waals surface area contributed by atoms with E-state index in [1.807, 2.05) is 11.8 Å². The fraction of sp³-hybridized carbons (Fsp3) is 0.500. The summed E-state index contributed by atoms with van der Waals surface area (Å²) in [6.07, 6.45) is 4.95. The Hall–Kier alpha value is -2.64. The van der Waals surface area contributed by atoms with Crippen molar-refractivity contribution in [2.75, 3.05) is 20.2 Å². The van der Waals surface area contributed by atoms with Gasteiger partial charge in [-0.3, -0.25) is 9.48 Å². The quantitative estimate of drug-likeness (QED) is 0.837. The van der Waals surface area contributed by atoms with Gasteiger partial charge in [0, 0.05) is 51.4 Å². The molecule has 8 nitrogen and oxygen atoms in total. The molecule has 1 amide bonds. The zero-order valence-corrected chi connectivity index (χ0v) is 14.1. The van der Waals surface area contributed by atoms with Gasteiger partial charge in [0.2, 0.25) is 11.8 Å². The van der Waals surface area contributed by atoms with E-state index in [1.54, 1.807) is 30.2 Å². The fourth-order valence-corrected chi connectivity index (χ4v) is 2.78. The van der Waals surface area contributed by atoms with E-state index in [4.69, 9.17) is 9.47 Å². The van der Waals surface area contributed by atoms with Crippen LogP contribution in [0.2, 0.25) is 0 Å². The third-order valence-electron chi connectivity index (χ3n) is 3.99. The lowest BCUT2D eigenvalue weighted by atomic mass is 10.1. The van der Waals surface area contributed by atoms with Gasteiger partial charge in [0.25, 0.3) is 5.91 Å². The second-order valence-electron chi connectivity index (χ2n) is 5.78. The molecular weight excluding hydrogens is 310 g/mol. The molecule has 1 aliphatic heterocycles. The predicted molar refractivity (Wildman–Crippen MR) is 86.1 cm³/mol. The maximum atomic E-state index is 12.6. The Balaban J connectivity index is 1.59. The van der Waals surface area contributed by atoms with Gasteiger partial charge in [-0.1, -0.05) is 0 Å². The van der Waals surface area contributed by atoms with E-state index in [-0.39, 0.29) is 12.0 Å². The van der Waals surface area contributed by atoms with Crippen LogP contribution in [0, 0.1) is 6.92 Å². The van der Waals surface area contributed by atoms with Crippen LogP contribution in [0.5, 0.6) is 11.8 Å². The van der Waals surface area contributed by atoms with Crippen molar-refractivity contribution in [1.82, 2.24) is 24.6 Å². The Morgan fingerprint density at radius 2 is 2.08 bits per heavy atom. The third-order valence-corrected chi connectivity index (χ3v) is 3.99. The summed E-state index contributed by atoms with van der Waals surface area (Å²) < 4.78 is 12.6. The summed E-state index contributed by atoms with van der Waals surface area (Å²) in [5, 5.41) is 4.13. The normalized spacial score (nSPS) is 15.4. The Morgan fingerprint density at radius 1 is 1.33 bits per heavy atom. The molecule has 1 aliphatic rings. The summed E-state index contributed by atoms with van der Waals surface area (Å²) in [7, 11) is 3.28. The molecule has 0 unspecified atom stereocenters. The molecule has 3 rings (SSSR count). The van der Waals surface area contributed by atoms with Crippen LogP contribution < -0.4 is 9.47 Å². The van der Waals surface area contributed by atoms with Crippen molar-refractivity contribution in [3.05, 3.63) is 29.8 Å². The highest BCUT2D eigenvalue weighted by Crippen LogP contribution is 2.22. The van der Waals surface area contributed by atoms with Gasteiger partial charge in [0.1, 0.15) is 17.5 Å². The number of hydrogen-bond donors (Lipinski definition) is 0. The average molecular weight is 331 g/mol. The maximum absolute atomic E-state index is 12.6. The topological polar surface area (TPSA) is 82.4 Å². The highest BCUT2D eigenvalue weighted by atomic mass is 16.5. The molecule has 2 aromatic heterocycles. The number of likely N-dealkylation sites (tertiary alicyclic amines) is 1. The highest BCUT2D eigenvalue weighted by Gasteiger charge is 2.28. The van der Waals surface area contributed by atoms with Crippen LogP contribution in [0.25, 0.3) is 0 Å². The molecule has 8 heteroatoms. The highest BCUT2D eigenvalue weighted by molar-refractivity contribution is 5.96. The smallest absolute Gasteiger partial charge is 0.260 e. The van der Waals surface area contributed by atoms with E-state index in [9.17, 15) is 4.79 Å². The lowest BCUT2D eigenvalue weighted by Gasteiger charge is -2.31. The minimum absolute atomic E-state index is 0.0548. The van der Waals surface area contributed by atoms with Crippen molar-refractivity contribution in [2.45, 2.75) is 25.9 Å². The number of methoxy groups -OCH3 is 1. The summed E-state index contributed by atoms with van der Waals surface area (Å²) >= 11 is 0. The summed E-state index contributed by atoms with van der Waals surface area (Å²) in [4.78, 5) is 22.8. The molecule has 24 heavy (non-hydrogen) atoms. The van der Waals surface area contributed by atoms with Gasteiger partial charge in [-0.15, -0.1) is 5.10 Å². The predicted octanol–water partition coefficient (Wildman–Crippen LogP) is 1.21. The van der Waals surface area contributed by atoms with Crippen molar-refractivity contribution < 1.29 is 14.3 Å². The lowest BCUT2D eigenvalue weighted by Crippen LogP contribution is -2.41. The molecular formula is C16H21N5O3. The summed E-state index contributed by atoms with van der Waals surface area (Å²) in [5.41, 5.74) is 0.491. The first-order chi connectivity index (χ1) is 11.6. The van der Waals surface area contributed by atoms with Crippen LogP contribution in [0.15, 0.2) is 18.5 Å². The summed E-state index contributed by atoms with van der Waals surface area (Å²) in [5.74, 6) is 1.57. The van der Waals surface area contributed by atoms with Crippen molar-refractivity contribution in [3.63, 3.8) is 0 Å². The molecule has 3 heterocycles. The number of aromatic nitrogens is 4. The van der Waals surface area contributed by atoms with Gasteiger partial charge in [0.15, 0.2) is 0 Å². The molecule has 1 saturated heterocycles. The zero-order valence-electron chi connectivity index (χ0n) is 14.1. The van der Waals surface area contributed by atoms with Crippen molar-refractivity contribution >= 4 is 5.91 Å². The van der Waals surface area contributed by atoms with Crippen LogP contribution in [0.4, 0.5) is 0 Å². The standard InChI is InChI=1S/C16H21N5O3/c1-11-17-7-4-14(18-11)24-12-5-8-21(9-6-12)16(22)13-10-20(2)19-15(13)23-3/h4,7,10,12H,5-6,8-9H2,1-3H3. The fourth-order valence-electron chi connectivity index (χ4n) is 2.78. The van der Waals surface area contributed by atoms with Gasteiger partial charge in [0.05, 0.1) is 7.11 Å². The van der Waals surface area contributed by atoms with E-state index < -0.39 is 0 Å². The number of carbonyl (C=O) groups excluding carboxylic acids is 1. The first-order valence-corrected chi connectivity index (χ1v) is 7.90. The molecule has 0 atom stereocenters. The van der Waals surface area contributed by atoms with Gasteiger partial charge in [-0.25, -0.2) is 4.98 Å². The molecule has 128 valence electrons. The first kappa shape index (κ1) is 16.2. The zero-order chi connectivity index (χ0) is 17.1. The number of nitrogens with zero attached hydrogens (tertiary/aromatic N) is 5. The second kappa shape index (κ2) is 6.86. The van der Waals surface area contributed by atoms with Crippen LogP contribution in [-0.4, -0.2) is 56.9 Å². The lowest BCUT2D eigenvalue weighted by molar-refractivity contribution is 0.0584.